The summed E-state index contributed by atoms with van der Waals surface area (Å²) in [5.41, 5.74) is 10.4. The normalized spacial score (nSPS) is 10.3. The molecule has 5 nitrogen and oxygen atoms in total. The van der Waals surface area contributed by atoms with Gasteiger partial charge in [0.1, 0.15) is 0 Å². The van der Waals surface area contributed by atoms with Crippen molar-refractivity contribution in [1.29, 1.82) is 0 Å². The second kappa shape index (κ2) is 5.53. The smallest absolute Gasteiger partial charge is 0.258 e. The van der Waals surface area contributed by atoms with Gasteiger partial charge in [0.05, 0.1) is 12.1 Å². The lowest BCUT2D eigenvalue weighted by Gasteiger charge is -2.12. The Labute approximate surface area is 120 Å². The van der Waals surface area contributed by atoms with Crippen LogP contribution in [-0.4, -0.2) is 4.57 Å². The number of pyridine rings is 1. The molecule has 0 amide bonds. The maximum atomic E-state index is 12.7. The molecule has 0 bridgehead atoms. The van der Waals surface area contributed by atoms with Crippen molar-refractivity contribution >= 4 is 10.9 Å². The van der Waals surface area contributed by atoms with E-state index in [2.05, 4.69) is 10.0 Å². The number of aromatic nitrogens is 1. The van der Waals surface area contributed by atoms with Gasteiger partial charge in [-0.2, -0.15) is 0 Å². The Hall–Kier alpha value is -3.04. The molecule has 3 rings (SSSR count). The third-order valence-electron chi connectivity index (χ3n) is 3.30. The Bertz CT molecular complexity index is 893. The van der Waals surface area contributed by atoms with Gasteiger partial charge in [-0.15, -0.1) is 0 Å². The SMILES string of the molecule is [N-]=[N+]=NCc1cc2ccccc2n(-c2ccccc2)c1=O. The van der Waals surface area contributed by atoms with Crippen molar-refractivity contribution in [2.45, 2.75) is 6.54 Å². The molecule has 0 atom stereocenters. The van der Waals surface area contributed by atoms with Gasteiger partial charge >= 0.3 is 0 Å². The molecule has 0 aliphatic carbocycles. The van der Waals surface area contributed by atoms with Crippen LogP contribution >= 0.6 is 0 Å². The van der Waals surface area contributed by atoms with Crippen molar-refractivity contribution in [3.63, 3.8) is 0 Å². The summed E-state index contributed by atoms with van der Waals surface area (Å²) in [7, 11) is 0. The minimum atomic E-state index is -0.160. The first-order valence-corrected chi connectivity index (χ1v) is 6.51. The molecule has 21 heavy (non-hydrogen) atoms. The van der Waals surface area contributed by atoms with Crippen LogP contribution in [0.1, 0.15) is 5.56 Å². The minimum absolute atomic E-state index is 0.0486. The van der Waals surface area contributed by atoms with Crippen LogP contribution in [0.2, 0.25) is 0 Å². The zero-order chi connectivity index (χ0) is 14.7. The molecule has 0 N–H and O–H groups in total. The van der Waals surface area contributed by atoms with Crippen LogP contribution in [0.15, 0.2) is 70.6 Å². The number of nitrogens with zero attached hydrogens (tertiary/aromatic N) is 4. The quantitative estimate of drug-likeness (QED) is 0.407. The molecule has 102 valence electrons. The van der Waals surface area contributed by atoms with Crippen molar-refractivity contribution in [3.05, 3.63) is 87.0 Å². The zero-order valence-corrected chi connectivity index (χ0v) is 11.2. The van der Waals surface area contributed by atoms with Gasteiger partial charge < -0.3 is 0 Å². The van der Waals surface area contributed by atoms with Gasteiger partial charge in [0.25, 0.3) is 5.56 Å². The van der Waals surface area contributed by atoms with E-state index >= 15 is 0 Å². The lowest BCUT2D eigenvalue weighted by molar-refractivity contribution is 0.952. The first kappa shape index (κ1) is 13.0. The second-order valence-electron chi connectivity index (χ2n) is 4.59. The summed E-state index contributed by atoms with van der Waals surface area (Å²) in [6.45, 7) is 0.0486. The van der Waals surface area contributed by atoms with Crippen molar-refractivity contribution in [3.8, 4) is 5.69 Å². The maximum Gasteiger partial charge on any atom is 0.258 e. The third kappa shape index (κ3) is 2.38. The molecule has 1 aromatic heterocycles. The number of hydrogen-bond donors (Lipinski definition) is 0. The number of rotatable bonds is 3. The predicted molar refractivity (Wildman–Crippen MR) is 82.4 cm³/mol. The van der Waals surface area contributed by atoms with Gasteiger partial charge in [-0.05, 0) is 35.2 Å². The largest absolute Gasteiger partial charge is 0.277 e. The Morgan fingerprint density at radius 3 is 2.52 bits per heavy atom. The van der Waals surface area contributed by atoms with Gasteiger partial charge in [-0.3, -0.25) is 9.36 Å². The minimum Gasteiger partial charge on any atom is -0.277 e. The Kier molecular flexibility index (Phi) is 3.41. The van der Waals surface area contributed by atoms with E-state index in [0.717, 1.165) is 16.6 Å². The van der Waals surface area contributed by atoms with Crippen molar-refractivity contribution in [1.82, 2.24) is 4.57 Å². The molecule has 1 heterocycles. The highest BCUT2D eigenvalue weighted by molar-refractivity contribution is 5.81. The summed E-state index contributed by atoms with van der Waals surface area (Å²) in [4.78, 5) is 15.4. The fraction of sp³-hybridized carbons (Fsp3) is 0.0625. The third-order valence-corrected chi connectivity index (χ3v) is 3.30. The molecular weight excluding hydrogens is 264 g/mol. The summed E-state index contributed by atoms with van der Waals surface area (Å²) >= 11 is 0. The predicted octanol–water partition coefficient (Wildman–Crippen LogP) is 3.80. The van der Waals surface area contributed by atoms with Gasteiger partial charge in [-0.25, -0.2) is 0 Å². The van der Waals surface area contributed by atoms with Crippen LogP contribution in [0, 0.1) is 0 Å². The highest BCUT2D eigenvalue weighted by Gasteiger charge is 2.09. The Morgan fingerprint density at radius 1 is 1.05 bits per heavy atom. The fourth-order valence-corrected chi connectivity index (χ4v) is 2.37. The Balaban J connectivity index is 2.37. The number of benzene rings is 2. The van der Waals surface area contributed by atoms with Gasteiger partial charge in [-0.1, -0.05) is 41.5 Å². The first-order valence-electron chi connectivity index (χ1n) is 6.51. The number of hydrogen-bond acceptors (Lipinski definition) is 2. The summed E-state index contributed by atoms with van der Waals surface area (Å²) < 4.78 is 1.65. The molecule has 0 unspecified atom stereocenters. The molecule has 0 saturated carbocycles. The van der Waals surface area contributed by atoms with E-state index in [4.69, 9.17) is 5.53 Å². The molecule has 3 aromatic rings. The molecule has 0 radical (unpaired) electrons. The molecular formula is C16H12N4O. The molecule has 0 spiro atoms. The van der Waals surface area contributed by atoms with Gasteiger partial charge in [0.2, 0.25) is 0 Å². The summed E-state index contributed by atoms with van der Waals surface area (Å²) in [5, 5.41) is 4.45. The topological polar surface area (TPSA) is 70.8 Å². The van der Waals surface area contributed by atoms with Gasteiger partial charge in [0, 0.05) is 16.2 Å². The summed E-state index contributed by atoms with van der Waals surface area (Å²) in [6.07, 6.45) is 0. The highest BCUT2D eigenvalue weighted by Crippen LogP contribution is 2.18. The lowest BCUT2D eigenvalue weighted by atomic mass is 10.1. The molecule has 2 aromatic carbocycles. The summed E-state index contributed by atoms with van der Waals surface area (Å²) in [6, 6.07) is 18.9. The van der Waals surface area contributed by atoms with E-state index in [1.165, 1.54) is 0 Å². The Morgan fingerprint density at radius 2 is 1.76 bits per heavy atom. The van der Waals surface area contributed by atoms with Crippen molar-refractivity contribution in [2.75, 3.05) is 0 Å². The molecule has 0 aliphatic heterocycles. The average Bonchev–Trinajstić information content (AvgIpc) is 2.54. The molecule has 0 fully saturated rings. The summed E-state index contributed by atoms with van der Waals surface area (Å²) in [5.74, 6) is 0. The number of para-hydroxylation sites is 2. The van der Waals surface area contributed by atoms with Crippen LogP contribution in [0.25, 0.3) is 27.0 Å². The number of azide groups is 1. The van der Waals surface area contributed by atoms with Crippen molar-refractivity contribution < 1.29 is 0 Å². The molecule has 0 saturated heterocycles. The monoisotopic (exact) mass is 276 g/mol. The highest BCUT2D eigenvalue weighted by atomic mass is 16.1. The van der Waals surface area contributed by atoms with E-state index < -0.39 is 0 Å². The van der Waals surface area contributed by atoms with Gasteiger partial charge in [0.15, 0.2) is 0 Å². The van der Waals surface area contributed by atoms with Crippen LogP contribution in [0.3, 0.4) is 0 Å². The zero-order valence-electron chi connectivity index (χ0n) is 11.2. The van der Waals surface area contributed by atoms with Crippen LogP contribution in [0.4, 0.5) is 0 Å². The van der Waals surface area contributed by atoms with Crippen LogP contribution < -0.4 is 5.56 Å². The van der Waals surface area contributed by atoms with Crippen LogP contribution in [-0.2, 0) is 6.54 Å². The van der Waals surface area contributed by atoms with E-state index in [0.29, 0.717) is 5.56 Å². The van der Waals surface area contributed by atoms with E-state index in [1.54, 1.807) is 10.6 Å². The average molecular weight is 276 g/mol. The second-order valence-corrected chi connectivity index (χ2v) is 4.59. The van der Waals surface area contributed by atoms with E-state index in [-0.39, 0.29) is 12.1 Å². The standard InChI is InChI=1S/C16H12N4O/c17-19-18-11-13-10-12-6-4-5-9-15(12)20(16(13)21)14-7-2-1-3-8-14/h1-10H,11H2. The van der Waals surface area contributed by atoms with Crippen molar-refractivity contribution in [2.24, 2.45) is 5.11 Å². The molecule has 5 heteroatoms. The maximum absolute atomic E-state index is 12.7. The fourth-order valence-electron chi connectivity index (χ4n) is 2.37. The first-order chi connectivity index (χ1) is 10.3. The number of fused-ring (bicyclic) bond motifs is 1. The van der Waals surface area contributed by atoms with E-state index in [1.807, 2.05) is 54.6 Å². The molecule has 0 aliphatic rings. The van der Waals surface area contributed by atoms with E-state index in [9.17, 15) is 4.79 Å². The lowest BCUT2D eigenvalue weighted by Crippen LogP contribution is -2.22. The van der Waals surface area contributed by atoms with Crippen LogP contribution in [0.5, 0.6) is 0 Å².